The zero-order valence-corrected chi connectivity index (χ0v) is 11.1. The van der Waals surface area contributed by atoms with Crippen LogP contribution in [0.1, 0.15) is 5.56 Å². The van der Waals surface area contributed by atoms with E-state index >= 15 is 0 Å². The van der Waals surface area contributed by atoms with Crippen molar-refractivity contribution in [3.63, 3.8) is 0 Å². The maximum Gasteiger partial charge on any atom is 0.123 e. The summed E-state index contributed by atoms with van der Waals surface area (Å²) in [6.45, 7) is 0.358. The third kappa shape index (κ3) is 4.54. The van der Waals surface area contributed by atoms with Crippen LogP contribution in [0.15, 0.2) is 48.5 Å². The maximum atomic E-state index is 13.0. The fourth-order valence-electron chi connectivity index (χ4n) is 1.79. The molecule has 1 atom stereocenters. The van der Waals surface area contributed by atoms with Gasteiger partial charge >= 0.3 is 0 Å². The van der Waals surface area contributed by atoms with Gasteiger partial charge in [0, 0.05) is 11.1 Å². The molecule has 0 saturated carbocycles. The highest BCUT2D eigenvalue weighted by Crippen LogP contribution is 2.17. The minimum Gasteiger partial charge on any atom is -0.492 e. The van der Waals surface area contributed by atoms with Crippen LogP contribution in [0.25, 0.3) is 0 Å². The van der Waals surface area contributed by atoms with Crippen molar-refractivity contribution in [1.82, 2.24) is 0 Å². The highest BCUT2D eigenvalue weighted by Gasteiger charge is 2.06. The maximum absolute atomic E-state index is 13.0. The van der Waals surface area contributed by atoms with Crippen LogP contribution in [0.4, 0.5) is 4.39 Å². The van der Waals surface area contributed by atoms with Crippen molar-refractivity contribution in [1.29, 1.82) is 0 Å². The van der Waals surface area contributed by atoms with Gasteiger partial charge in [0.05, 0.1) is 0 Å². The van der Waals surface area contributed by atoms with Gasteiger partial charge in [0.2, 0.25) is 0 Å². The van der Waals surface area contributed by atoms with Gasteiger partial charge in [0.25, 0.3) is 0 Å². The molecule has 0 aliphatic carbocycles. The Hall–Kier alpha value is -1.58. The molecule has 2 rings (SSSR count). The molecule has 100 valence electrons. The predicted molar refractivity (Wildman–Crippen MR) is 75.0 cm³/mol. The molecule has 0 bridgehead atoms. The van der Waals surface area contributed by atoms with Crippen molar-refractivity contribution >= 4 is 11.6 Å². The van der Waals surface area contributed by atoms with Crippen LogP contribution in [0.3, 0.4) is 0 Å². The molecule has 0 saturated heterocycles. The Morgan fingerprint density at radius 1 is 1.16 bits per heavy atom. The molecule has 2 N–H and O–H groups in total. The van der Waals surface area contributed by atoms with Crippen LogP contribution in [0, 0.1) is 5.82 Å². The lowest BCUT2D eigenvalue weighted by Crippen LogP contribution is -2.30. The zero-order chi connectivity index (χ0) is 13.7. The lowest BCUT2D eigenvalue weighted by Gasteiger charge is -2.13. The summed E-state index contributed by atoms with van der Waals surface area (Å²) in [6, 6.07) is 13.4. The molecule has 0 fully saturated rings. The average Bonchev–Trinajstić information content (AvgIpc) is 2.36. The van der Waals surface area contributed by atoms with E-state index in [9.17, 15) is 4.39 Å². The number of nitrogens with two attached hydrogens (primary N) is 1. The van der Waals surface area contributed by atoms with Gasteiger partial charge in [-0.2, -0.15) is 0 Å². The van der Waals surface area contributed by atoms with Crippen LogP contribution < -0.4 is 10.5 Å². The molecule has 4 heteroatoms. The van der Waals surface area contributed by atoms with Crippen molar-refractivity contribution in [3.8, 4) is 5.75 Å². The van der Waals surface area contributed by atoms with E-state index in [1.807, 2.05) is 18.2 Å². The molecule has 0 aliphatic rings. The Labute approximate surface area is 117 Å². The van der Waals surface area contributed by atoms with E-state index in [1.54, 1.807) is 18.2 Å². The summed E-state index contributed by atoms with van der Waals surface area (Å²) in [5.74, 6) is 0.433. The SMILES string of the molecule is NC(COc1cccc(Cl)c1)Cc1cccc(F)c1. The number of benzene rings is 2. The molecule has 1 unspecified atom stereocenters. The van der Waals surface area contributed by atoms with Crippen molar-refractivity contribution in [2.45, 2.75) is 12.5 Å². The third-order valence-electron chi connectivity index (χ3n) is 2.65. The first-order valence-corrected chi connectivity index (χ1v) is 6.39. The van der Waals surface area contributed by atoms with Crippen molar-refractivity contribution in [2.75, 3.05) is 6.61 Å². The normalized spacial score (nSPS) is 12.2. The molecule has 0 aliphatic heterocycles. The van der Waals surface area contributed by atoms with Crippen LogP contribution in [-0.2, 0) is 6.42 Å². The molecule has 0 aromatic heterocycles. The van der Waals surface area contributed by atoms with Gasteiger partial charge in [-0.1, -0.05) is 29.8 Å². The molecule has 2 nitrogen and oxygen atoms in total. The molecule has 0 heterocycles. The molecule has 0 amide bonds. The Bertz CT molecular complexity index is 547. The van der Waals surface area contributed by atoms with Gasteiger partial charge in [-0.3, -0.25) is 0 Å². The minimum atomic E-state index is -0.250. The number of halogens is 2. The van der Waals surface area contributed by atoms with Crippen molar-refractivity contribution in [3.05, 3.63) is 64.9 Å². The summed E-state index contributed by atoms with van der Waals surface area (Å²) in [5.41, 5.74) is 6.82. The van der Waals surface area contributed by atoms with Gasteiger partial charge < -0.3 is 10.5 Å². The topological polar surface area (TPSA) is 35.2 Å². The van der Waals surface area contributed by atoms with E-state index in [0.717, 1.165) is 5.56 Å². The highest BCUT2D eigenvalue weighted by atomic mass is 35.5. The fraction of sp³-hybridized carbons (Fsp3) is 0.200. The second-order valence-corrected chi connectivity index (χ2v) is 4.80. The van der Waals surface area contributed by atoms with Gasteiger partial charge in [-0.15, -0.1) is 0 Å². The van der Waals surface area contributed by atoms with E-state index in [0.29, 0.717) is 23.8 Å². The molecule has 0 spiro atoms. The van der Waals surface area contributed by atoms with E-state index in [2.05, 4.69) is 0 Å². The van der Waals surface area contributed by atoms with E-state index in [-0.39, 0.29) is 11.9 Å². The first-order valence-electron chi connectivity index (χ1n) is 6.02. The summed E-state index contributed by atoms with van der Waals surface area (Å²) in [5, 5.41) is 0.621. The monoisotopic (exact) mass is 279 g/mol. The molecule has 2 aromatic rings. The van der Waals surface area contributed by atoms with Gasteiger partial charge in [-0.25, -0.2) is 4.39 Å². The molecular weight excluding hydrogens is 265 g/mol. The smallest absolute Gasteiger partial charge is 0.123 e. The minimum absolute atomic E-state index is 0.194. The average molecular weight is 280 g/mol. The summed E-state index contributed by atoms with van der Waals surface area (Å²) in [6.07, 6.45) is 0.568. The second kappa shape index (κ2) is 6.55. The first kappa shape index (κ1) is 13.8. The Morgan fingerprint density at radius 2 is 1.95 bits per heavy atom. The van der Waals surface area contributed by atoms with E-state index in [4.69, 9.17) is 22.1 Å². The number of hydrogen-bond acceptors (Lipinski definition) is 2. The Kier molecular flexibility index (Phi) is 4.77. The number of rotatable bonds is 5. The molecule has 2 aromatic carbocycles. The number of hydrogen-bond donors (Lipinski definition) is 1. The second-order valence-electron chi connectivity index (χ2n) is 4.36. The quantitative estimate of drug-likeness (QED) is 0.910. The van der Waals surface area contributed by atoms with Gasteiger partial charge in [0.15, 0.2) is 0 Å². The summed E-state index contributed by atoms with van der Waals surface area (Å²) in [7, 11) is 0. The third-order valence-corrected chi connectivity index (χ3v) is 2.88. The Morgan fingerprint density at radius 3 is 2.68 bits per heavy atom. The summed E-state index contributed by atoms with van der Waals surface area (Å²) < 4.78 is 18.6. The predicted octanol–water partition coefficient (Wildman–Crippen LogP) is 3.43. The molecule has 0 radical (unpaired) electrons. The van der Waals surface area contributed by atoms with E-state index < -0.39 is 0 Å². The molecular formula is C15H15ClFNO. The number of ether oxygens (including phenoxy) is 1. The van der Waals surface area contributed by atoms with Crippen LogP contribution in [0.5, 0.6) is 5.75 Å². The van der Waals surface area contributed by atoms with Crippen molar-refractivity contribution in [2.24, 2.45) is 5.73 Å². The van der Waals surface area contributed by atoms with Crippen molar-refractivity contribution < 1.29 is 9.13 Å². The standard InChI is InChI=1S/C15H15ClFNO/c16-12-4-2-6-15(9-12)19-10-14(18)8-11-3-1-5-13(17)7-11/h1-7,9,14H,8,10,18H2. The Balaban J connectivity index is 1.86. The van der Waals surface area contributed by atoms with Gasteiger partial charge in [0.1, 0.15) is 18.2 Å². The molecule has 19 heavy (non-hydrogen) atoms. The fourth-order valence-corrected chi connectivity index (χ4v) is 1.97. The largest absolute Gasteiger partial charge is 0.492 e. The van der Waals surface area contributed by atoms with Gasteiger partial charge in [-0.05, 0) is 42.3 Å². The lowest BCUT2D eigenvalue weighted by atomic mass is 10.1. The van der Waals surface area contributed by atoms with Crippen LogP contribution >= 0.6 is 11.6 Å². The highest BCUT2D eigenvalue weighted by molar-refractivity contribution is 6.30. The van der Waals surface area contributed by atoms with Crippen LogP contribution in [0.2, 0.25) is 5.02 Å². The summed E-state index contributed by atoms with van der Waals surface area (Å²) in [4.78, 5) is 0. The zero-order valence-electron chi connectivity index (χ0n) is 10.4. The van der Waals surface area contributed by atoms with Crippen LogP contribution in [-0.4, -0.2) is 12.6 Å². The summed E-state index contributed by atoms with van der Waals surface area (Å²) >= 11 is 5.85. The van der Waals surface area contributed by atoms with E-state index in [1.165, 1.54) is 12.1 Å². The lowest BCUT2D eigenvalue weighted by molar-refractivity contribution is 0.287. The first-order chi connectivity index (χ1) is 9.13.